The van der Waals surface area contributed by atoms with Crippen LogP contribution in [0.1, 0.15) is 34.3 Å². The Labute approximate surface area is 195 Å². The molecule has 0 amide bonds. The summed E-state index contributed by atoms with van der Waals surface area (Å²) in [6, 6.07) is 41.7. The first-order valence-corrected chi connectivity index (χ1v) is 11.2. The first kappa shape index (κ1) is 20.7. The zero-order valence-electron chi connectivity index (χ0n) is 18.4. The minimum Gasteiger partial charge on any atom is -0.266 e. The summed E-state index contributed by atoms with van der Waals surface area (Å²) in [4.78, 5) is 0. The quantitative estimate of drug-likeness (QED) is 0.346. The summed E-state index contributed by atoms with van der Waals surface area (Å²) in [5.41, 5.74) is 4.58. The van der Waals surface area contributed by atoms with Gasteiger partial charge in [-0.1, -0.05) is 121 Å². The van der Waals surface area contributed by atoms with E-state index in [2.05, 4.69) is 94.9 Å². The fourth-order valence-corrected chi connectivity index (χ4v) is 4.24. The highest BCUT2D eigenvalue weighted by Crippen LogP contribution is 2.44. The third-order valence-electron chi connectivity index (χ3n) is 5.82. The van der Waals surface area contributed by atoms with Crippen LogP contribution in [-0.2, 0) is 0 Å². The molecule has 1 aliphatic heterocycles. The van der Waals surface area contributed by atoms with Gasteiger partial charge in [0.1, 0.15) is 18.8 Å². The maximum absolute atomic E-state index is 4.93. The van der Waals surface area contributed by atoms with Crippen molar-refractivity contribution in [3.05, 3.63) is 144 Å². The molecule has 162 valence electrons. The van der Waals surface area contributed by atoms with Crippen LogP contribution in [0, 0.1) is 0 Å². The number of hydrogen-bond acceptors (Lipinski definition) is 4. The van der Waals surface area contributed by atoms with E-state index in [-0.39, 0.29) is 12.1 Å². The lowest BCUT2D eigenvalue weighted by Crippen LogP contribution is -2.20. The first-order chi connectivity index (χ1) is 16.4. The number of rotatable bonds is 6. The Balaban J connectivity index is 1.55. The van der Waals surface area contributed by atoms with Crippen molar-refractivity contribution in [3.8, 4) is 0 Å². The molecule has 4 heteroatoms. The molecule has 0 spiro atoms. The molecule has 4 aromatic rings. The summed E-state index contributed by atoms with van der Waals surface area (Å²) in [6.07, 6.45) is 3.87. The monoisotopic (exact) mass is 430 g/mol. The Morgan fingerprint density at radius 1 is 0.485 bits per heavy atom. The Bertz CT molecular complexity index is 1090. The van der Waals surface area contributed by atoms with Crippen LogP contribution in [0.25, 0.3) is 0 Å². The summed E-state index contributed by atoms with van der Waals surface area (Å²) in [5, 5.41) is 14.1. The van der Waals surface area contributed by atoms with Gasteiger partial charge < -0.3 is 0 Å². The van der Waals surface area contributed by atoms with Gasteiger partial charge in [-0.25, -0.2) is 0 Å². The molecule has 0 saturated carbocycles. The van der Waals surface area contributed by atoms with E-state index in [0.29, 0.717) is 6.67 Å². The fourth-order valence-electron chi connectivity index (χ4n) is 4.24. The standard InChI is InChI=1S/C29H26N4/c1-5-13-24(14-6-1)21-30-32-23-33(31-22-25-15-7-2-8-16-25)29(27-19-11-4-12-20-27)28(32)26-17-9-3-10-18-26/h1-22,28-29H,23H2/b30-21-,31-22+/t28-,29+/m0/s1. The molecule has 0 unspecified atom stereocenters. The molecule has 1 heterocycles. The Morgan fingerprint density at radius 2 is 0.818 bits per heavy atom. The van der Waals surface area contributed by atoms with Crippen molar-refractivity contribution in [2.24, 2.45) is 10.2 Å². The summed E-state index contributed by atoms with van der Waals surface area (Å²) < 4.78 is 0. The van der Waals surface area contributed by atoms with Gasteiger partial charge >= 0.3 is 0 Å². The molecular weight excluding hydrogens is 404 g/mol. The number of hydrazone groups is 2. The van der Waals surface area contributed by atoms with Gasteiger partial charge in [0, 0.05) is 0 Å². The fraction of sp³-hybridized carbons (Fsp3) is 0.103. The van der Waals surface area contributed by atoms with Gasteiger partial charge in [0.15, 0.2) is 0 Å². The van der Waals surface area contributed by atoms with E-state index < -0.39 is 0 Å². The Kier molecular flexibility index (Phi) is 6.25. The minimum atomic E-state index is 0.0292. The molecule has 0 radical (unpaired) electrons. The summed E-state index contributed by atoms with van der Waals surface area (Å²) in [7, 11) is 0. The maximum Gasteiger partial charge on any atom is 0.125 e. The lowest BCUT2D eigenvalue weighted by molar-refractivity contribution is 0.233. The lowest BCUT2D eigenvalue weighted by Gasteiger charge is -2.26. The van der Waals surface area contributed by atoms with Crippen LogP contribution in [-0.4, -0.2) is 29.1 Å². The van der Waals surface area contributed by atoms with E-state index in [1.807, 2.05) is 48.8 Å². The number of hydrogen-bond donors (Lipinski definition) is 0. The molecule has 2 atom stereocenters. The summed E-state index contributed by atoms with van der Waals surface area (Å²) in [6.45, 7) is 0.589. The molecular formula is C29H26N4. The molecule has 0 bridgehead atoms. The van der Waals surface area contributed by atoms with Crippen molar-refractivity contribution in [1.29, 1.82) is 0 Å². The predicted octanol–water partition coefficient (Wildman–Crippen LogP) is 6.11. The lowest BCUT2D eigenvalue weighted by atomic mass is 9.94. The van der Waals surface area contributed by atoms with Crippen LogP contribution in [0.4, 0.5) is 0 Å². The third-order valence-corrected chi connectivity index (χ3v) is 5.82. The van der Waals surface area contributed by atoms with Crippen molar-refractivity contribution < 1.29 is 0 Å². The maximum atomic E-state index is 4.93. The molecule has 4 nitrogen and oxygen atoms in total. The molecule has 0 aliphatic carbocycles. The van der Waals surface area contributed by atoms with E-state index in [0.717, 1.165) is 11.1 Å². The van der Waals surface area contributed by atoms with Crippen molar-refractivity contribution in [3.63, 3.8) is 0 Å². The summed E-state index contributed by atoms with van der Waals surface area (Å²) >= 11 is 0. The molecule has 4 aromatic carbocycles. The molecule has 0 aromatic heterocycles. The smallest absolute Gasteiger partial charge is 0.125 e. The van der Waals surface area contributed by atoms with E-state index in [9.17, 15) is 0 Å². The van der Waals surface area contributed by atoms with Gasteiger partial charge in [-0.3, -0.25) is 10.0 Å². The SMILES string of the molecule is C(=N/N1CN(/N=C/c2ccccc2)[C@H](c2ccccc2)[C@@H]1c1ccccc1)/c1ccccc1. The van der Waals surface area contributed by atoms with Crippen LogP contribution in [0.15, 0.2) is 132 Å². The van der Waals surface area contributed by atoms with E-state index >= 15 is 0 Å². The zero-order valence-corrected chi connectivity index (χ0v) is 18.4. The normalized spacial score (nSPS) is 18.4. The highest BCUT2D eigenvalue weighted by atomic mass is 15.7. The summed E-state index contributed by atoms with van der Waals surface area (Å²) in [5.74, 6) is 0. The van der Waals surface area contributed by atoms with Crippen LogP contribution >= 0.6 is 0 Å². The topological polar surface area (TPSA) is 31.2 Å². The van der Waals surface area contributed by atoms with E-state index in [1.54, 1.807) is 0 Å². The highest BCUT2D eigenvalue weighted by Gasteiger charge is 2.41. The molecule has 1 fully saturated rings. The third kappa shape index (κ3) is 4.85. The van der Waals surface area contributed by atoms with Crippen molar-refractivity contribution in [2.75, 3.05) is 6.67 Å². The van der Waals surface area contributed by atoms with Crippen molar-refractivity contribution in [1.82, 2.24) is 10.0 Å². The second kappa shape index (κ2) is 9.96. The average Bonchev–Trinajstić information content (AvgIpc) is 3.27. The van der Waals surface area contributed by atoms with Crippen molar-refractivity contribution >= 4 is 12.4 Å². The van der Waals surface area contributed by atoms with Crippen LogP contribution < -0.4 is 0 Å². The average molecular weight is 431 g/mol. The second-order valence-corrected chi connectivity index (χ2v) is 8.04. The van der Waals surface area contributed by atoms with Crippen molar-refractivity contribution in [2.45, 2.75) is 12.1 Å². The molecule has 33 heavy (non-hydrogen) atoms. The van der Waals surface area contributed by atoms with Gasteiger partial charge in [0.2, 0.25) is 0 Å². The van der Waals surface area contributed by atoms with Gasteiger partial charge in [-0.05, 0) is 22.3 Å². The number of benzene rings is 4. The first-order valence-electron chi connectivity index (χ1n) is 11.2. The largest absolute Gasteiger partial charge is 0.266 e. The molecule has 1 saturated heterocycles. The van der Waals surface area contributed by atoms with Crippen LogP contribution in [0.5, 0.6) is 0 Å². The Hall–Kier alpha value is -4.18. The van der Waals surface area contributed by atoms with Crippen LogP contribution in [0.3, 0.4) is 0 Å². The minimum absolute atomic E-state index is 0.0292. The van der Waals surface area contributed by atoms with Gasteiger partial charge in [-0.15, -0.1) is 0 Å². The second-order valence-electron chi connectivity index (χ2n) is 8.04. The van der Waals surface area contributed by atoms with E-state index in [4.69, 9.17) is 10.2 Å². The van der Waals surface area contributed by atoms with E-state index in [1.165, 1.54) is 11.1 Å². The predicted molar refractivity (Wildman–Crippen MR) is 135 cm³/mol. The van der Waals surface area contributed by atoms with Crippen LogP contribution in [0.2, 0.25) is 0 Å². The molecule has 0 N–H and O–H groups in total. The van der Waals surface area contributed by atoms with Gasteiger partial charge in [-0.2, -0.15) is 10.2 Å². The van der Waals surface area contributed by atoms with Gasteiger partial charge in [0.25, 0.3) is 0 Å². The highest BCUT2D eigenvalue weighted by molar-refractivity contribution is 5.79. The zero-order chi connectivity index (χ0) is 22.3. The Morgan fingerprint density at radius 3 is 1.18 bits per heavy atom. The molecule has 1 aliphatic rings. The number of nitrogens with zero attached hydrogens (tertiary/aromatic N) is 4. The molecule has 5 rings (SSSR count). The van der Waals surface area contributed by atoms with Gasteiger partial charge in [0.05, 0.1) is 12.4 Å².